The molecule has 0 aliphatic heterocycles. The summed E-state index contributed by atoms with van der Waals surface area (Å²) in [4.78, 5) is 12.2. The lowest BCUT2D eigenvalue weighted by Gasteiger charge is -2.08. The molecule has 1 aromatic heterocycles. The van der Waals surface area contributed by atoms with Crippen molar-refractivity contribution in [1.82, 2.24) is 4.57 Å². The molecule has 0 saturated carbocycles. The lowest BCUT2D eigenvalue weighted by molar-refractivity contribution is -0.116. The van der Waals surface area contributed by atoms with Gasteiger partial charge in [0.2, 0.25) is 5.91 Å². The van der Waals surface area contributed by atoms with E-state index >= 15 is 0 Å². The number of hydrogen-bond donors (Lipinski definition) is 1. The summed E-state index contributed by atoms with van der Waals surface area (Å²) >= 11 is 5.97. The van der Waals surface area contributed by atoms with Crippen molar-refractivity contribution < 1.29 is 9.53 Å². The maximum Gasteiger partial charge on any atom is 0.224 e. The summed E-state index contributed by atoms with van der Waals surface area (Å²) in [7, 11) is 1.70. The first-order valence-electron chi connectivity index (χ1n) is 8.28. The fourth-order valence-electron chi connectivity index (χ4n) is 2.84. The van der Waals surface area contributed by atoms with Crippen molar-refractivity contribution >= 4 is 34.1 Å². The monoisotopic (exact) mass is 356 g/mol. The van der Waals surface area contributed by atoms with Gasteiger partial charge in [0, 0.05) is 47.9 Å². The SMILES string of the molecule is COCCn1ccc2cc(NC(=O)CCc3cccc(Cl)c3)ccc21. The second-order valence-electron chi connectivity index (χ2n) is 5.95. The van der Waals surface area contributed by atoms with Gasteiger partial charge in [-0.1, -0.05) is 23.7 Å². The van der Waals surface area contributed by atoms with Crippen molar-refractivity contribution in [3.8, 4) is 0 Å². The fraction of sp³-hybridized carbons (Fsp3) is 0.250. The summed E-state index contributed by atoms with van der Waals surface area (Å²) in [6.07, 6.45) is 3.13. The maximum atomic E-state index is 12.2. The van der Waals surface area contributed by atoms with Gasteiger partial charge >= 0.3 is 0 Å². The molecule has 0 aliphatic rings. The Balaban J connectivity index is 1.61. The lowest BCUT2D eigenvalue weighted by Crippen LogP contribution is -2.12. The van der Waals surface area contributed by atoms with Crippen LogP contribution in [0.5, 0.6) is 0 Å². The number of aryl methyl sites for hydroxylation is 1. The second kappa shape index (κ2) is 8.19. The number of ether oxygens (including phenoxy) is 1. The minimum absolute atomic E-state index is 0.00172. The molecule has 1 amide bonds. The van der Waals surface area contributed by atoms with E-state index in [9.17, 15) is 4.79 Å². The standard InChI is InChI=1S/C20H21ClN2O2/c1-25-12-11-23-10-9-16-14-18(6-7-19(16)23)22-20(24)8-5-15-3-2-4-17(21)13-15/h2-4,6-7,9-10,13-14H,5,8,11-12H2,1H3,(H,22,24). The van der Waals surface area contributed by atoms with Gasteiger partial charge in [0.1, 0.15) is 0 Å². The highest BCUT2D eigenvalue weighted by Crippen LogP contribution is 2.21. The summed E-state index contributed by atoms with van der Waals surface area (Å²) in [5.74, 6) is -0.00172. The van der Waals surface area contributed by atoms with E-state index in [-0.39, 0.29) is 5.91 Å². The third kappa shape index (κ3) is 4.62. The first-order chi connectivity index (χ1) is 12.2. The Kier molecular flexibility index (Phi) is 5.74. The number of fused-ring (bicyclic) bond motifs is 1. The number of hydrogen-bond acceptors (Lipinski definition) is 2. The molecule has 0 atom stereocenters. The van der Waals surface area contributed by atoms with E-state index < -0.39 is 0 Å². The highest BCUT2D eigenvalue weighted by Gasteiger charge is 2.06. The molecule has 130 valence electrons. The largest absolute Gasteiger partial charge is 0.383 e. The van der Waals surface area contributed by atoms with Crippen molar-refractivity contribution in [3.05, 3.63) is 65.3 Å². The van der Waals surface area contributed by atoms with E-state index in [1.165, 1.54) is 0 Å². The Hall–Kier alpha value is -2.30. The number of amides is 1. The molecule has 1 heterocycles. The van der Waals surface area contributed by atoms with Crippen molar-refractivity contribution in [1.29, 1.82) is 0 Å². The molecule has 4 nitrogen and oxygen atoms in total. The maximum absolute atomic E-state index is 12.2. The number of halogens is 1. The molecule has 0 saturated heterocycles. The first-order valence-corrected chi connectivity index (χ1v) is 8.65. The average molecular weight is 357 g/mol. The van der Waals surface area contributed by atoms with Crippen LogP contribution < -0.4 is 5.32 Å². The zero-order valence-electron chi connectivity index (χ0n) is 14.2. The van der Waals surface area contributed by atoms with Gasteiger partial charge in [0.15, 0.2) is 0 Å². The third-order valence-corrected chi connectivity index (χ3v) is 4.36. The molecule has 0 unspecified atom stereocenters. The van der Waals surface area contributed by atoms with E-state index in [0.29, 0.717) is 24.5 Å². The number of anilines is 1. The molecule has 0 aliphatic carbocycles. The Morgan fingerprint density at radius 3 is 2.88 bits per heavy atom. The van der Waals surface area contributed by atoms with Gasteiger partial charge in [-0.25, -0.2) is 0 Å². The number of rotatable bonds is 7. The molecule has 3 rings (SSSR count). The highest BCUT2D eigenvalue weighted by molar-refractivity contribution is 6.30. The number of carbonyl (C=O) groups is 1. The molecule has 25 heavy (non-hydrogen) atoms. The minimum atomic E-state index is -0.00172. The Morgan fingerprint density at radius 2 is 2.08 bits per heavy atom. The van der Waals surface area contributed by atoms with Crippen LogP contribution in [-0.2, 0) is 22.5 Å². The molecule has 5 heteroatoms. The van der Waals surface area contributed by atoms with Gasteiger partial charge in [-0.05, 0) is 48.4 Å². The molecule has 0 spiro atoms. The van der Waals surface area contributed by atoms with Crippen LogP contribution in [0.15, 0.2) is 54.7 Å². The predicted molar refractivity (Wildman–Crippen MR) is 102 cm³/mol. The average Bonchev–Trinajstić information content (AvgIpc) is 3.00. The topological polar surface area (TPSA) is 43.3 Å². The van der Waals surface area contributed by atoms with Crippen molar-refractivity contribution in [2.45, 2.75) is 19.4 Å². The summed E-state index contributed by atoms with van der Waals surface area (Å²) in [5.41, 5.74) is 3.01. The van der Waals surface area contributed by atoms with Gasteiger partial charge in [-0.3, -0.25) is 4.79 Å². The van der Waals surface area contributed by atoms with Crippen molar-refractivity contribution in [2.75, 3.05) is 19.0 Å². The van der Waals surface area contributed by atoms with E-state index in [1.54, 1.807) is 7.11 Å². The van der Waals surface area contributed by atoms with Crippen LogP contribution in [-0.4, -0.2) is 24.2 Å². The van der Waals surface area contributed by atoms with E-state index in [1.807, 2.05) is 54.7 Å². The highest BCUT2D eigenvalue weighted by atomic mass is 35.5. The molecular formula is C20H21ClN2O2. The Labute approximate surface area is 152 Å². The molecule has 1 N–H and O–H groups in total. The van der Waals surface area contributed by atoms with Crippen LogP contribution in [0, 0.1) is 0 Å². The van der Waals surface area contributed by atoms with Gasteiger partial charge in [-0.15, -0.1) is 0 Å². The Morgan fingerprint density at radius 1 is 1.20 bits per heavy atom. The van der Waals surface area contributed by atoms with E-state index in [4.69, 9.17) is 16.3 Å². The smallest absolute Gasteiger partial charge is 0.224 e. The fourth-order valence-corrected chi connectivity index (χ4v) is 3.05. The van der Waals surface area contributed by atoms with Gasteiger partial charge in [0.25, 0.3) is 0 Å². The second-order valence-corrected chi connectivity index (χ2v) is 6.39. The zero-order valence-corrected chi connectivity index (χ0v) is 14.9. The lowest BCUT2D eigenvalue weighted by atomic mass is 10.1. The minimum Gasteiger partial charge on any atom is -0.383 e. The predicted octanol–water partition coefficient (Wildman–Crippen LogP) is 4.51. The van der Waals surface area contributed by atoms with E-state index in [2.05, 4.69) is 9.88 Å². The Bertz CT molecular complexity index is 873. The summed E-state index contributed by atoms with van der Waals surface area (Å²) < 4.78 is 7.27. The van der Waals surface area contributed by atoms with Crippen LogP contribution in [0.2, 0.25) is 5.02 Å². The van der Waals surface area contributed by atoms with Crippen LogP contribution in [0.4, 0.5) is 5.69 Å². The third-order valence-electron chi connectivity index (χ3n) is 4.12. The molecule has 2 aromatic carbocycles. The molecule has 0 bridgehead atoms. The summed E-state index contributed by atoms with van der Waals surface area (Å²) in [6.45, 7) is 1.48. The van der Waals surface area contributed by atoms with Gasteiger partial charge < -0.3 is 14.6 Å². The number of aromatic nitrogens is 1. The summed E-state index contributed by atoms with van der Waals surface area (Å²) in [5, 5.41) is 4.76. The molecular weight excluding hydrogens is 336 g/mol. The van der Waals surface area contributed by atoms with Crippen LogP contribution in [0.1, 0.15) is 12.0 Å². The number of benzene rings is 2. The number of nitrogens with zero attached hydrogens (tertiary/aromatic N) is 1. The van der Waals surface area contributed by atoms with Crippen LogP contribution in [0.3, 0.4) is 0 Å². The van der Waals surface area contributed by atoms with Gasteiger partial charge in [-0.2, -0.15) is 0 Å². The zero-order chi connectivity index (χ0) is 17.6. The van der Waals surface area contributed by atoms with E-state index in [0.717, 1.165) is 28.7 Å². The number of nitrogens with one attached hydrogen (secondary N) is 1. The molecule has 0 radical (unpaired) electrons. The van der Waals surface area contributed by atoms with Crippen molar-refractivity contribution in [3.63, 3.8) is 0 Å². The molecule has 3 aromatic rings. The number of carbonyl (C=O) groups excluding carboxylic acids is 1. The molecule has 0 fully saturated rings. The van der Waals surface area contributed by atoms with Crippen LogP contribution >= 0.6 is 11.6 Å². The first kappa shape index (κ1) is 17.5. The number of methoxy groups -OCH3 is 1. The van der Waals surface area contributed by atoms with Crippen LogP contribution in [0.25, 0.3) is 10.9 Å². The van der Waals surface area contributed by atoms with Crippen molar-refractivity contribution in [2.24, 2.45) is 0 Å². The summed E-state index contributed by atoms with van der Waals surface area (Å²) in [6, 6.07) is 15.6. The van der Waals surface area contributed by atoms with Gasteiger partial charge in [0.05, 0.1) is 6.61 Å². The quantitative estimate of drug-likeness (QED) is 0.676. The normalized spacial score (nSPS) is 11.0.